The van der Waals surface area contributed by atoms with Gasteiger partial charge in [-0.15, -0.1) is 11.3 Å². The zero-order chi connectivity index (χ0) is 18.4. The summed E-state index contributed by atoms with van der Waals surface area (Å²) >= 11 is 6.92. The lowest BCUT2D eigenvalue weighted by atomic mass is 10.2. The topological polar surface area (TPSA) is 56.1 Å². The molecule has 0 bridgehead atoms. The summed E-state index contributed by atoms with van der Waals surface area (Å²) in [4.78, 5) is 12.7. The number of amides is 1. The number of carbonyl (C=O) groups is 1. The molecule has 2 aromatic heterocycles. The van der Waals surface area contributed by atoms with Gasteiger partial charge < -0.3 is 10.1 Å². The minimum Gasteiger partial charge on any atom is -0.495 e. The van der Waals surface area contributed by atoms with Crippen LogP contribution in [0.4, 0.5) is 18.9 Å². The van der Waals surface area contributed by atoms with Crippen LogP contribution in [0.15, 0.2) is 24.3 Å². The van der Waals surface area contributed by atoms with Crippen molar-refractivity contribution < 1.29 is 22.7 Å². The highest BCUT2D eigenvalue weighted by atomic mass is 35.5. The van der Waals surface area contributed by atoms with Gasteiger partial charge in [-0.05, 0) is 24.3 Å². The number of halogens is 4. The van der Waals surface area contributed by atoms with Crippen LogP contribution in [0, 0.1) is 0 Å². The molecule has 5 nitrogen and oxygen atoms in total. The van der Waals surface area contributed by atoms with Crippen LogP contribution in [0.3, 0.4) is 0 Å². The van der Waals surface area contributed by atoms with Gasteiger partial charge in [0.1, 0.15) is 10.6 Å². The van der Waals surface area contributed by atoms with Crippen molar-refractivity contribution in [2.45, 2.75) is 6.18 Å². The quantitative estimate of drug-likeness (QED) is 0.714. The number of ether oxygens (including phenoxy) is 1. The molecule has 1 aromatic carbocycles. The van der Waals surface area contributed by atoms with Crippen LogP contribution >= 0.6 is 22.9 Å². The molecule has 0 fully saturated rings. The van der Waals surface area contributed by atoms with E-state index in [4.69, 9.17) is 16.3 Å². The third-order valence-corrected chi connectivity index (χ3v) is 4.91. The van der Waals surface area contributed by atoms with Crippen LogP contribution in [0.1, 0.15) is 15.4 Å². The lowest BCUT2D eigenvalue weighted by Gasteiger charge is -2.07. The van der Waals surface area contributed by atoms with E-state index in [9.17, 15) is 18.0 Å². The number of anilines is 1. The van der Waals surface area contributed by atoms with Gasteiger partial charge in [-0.3, -0.25) is 9.48 Å². The van der Waals surface area contributed by atoms with Crippen molar-refractivity contribution in [2.24, 2.45) is 7.05 Å². The molecule has 132 valence electrons. The fourth-order valence-corrected chi connectivity index (χ4v) is 3.52. The molecule has 0 unspecified atom stereocenters. The predicted octanol–water partition coefficient (Wildman–Crippen LogP) is 4.57. The number of rotatable bonds is 3. The Hall–Kier alpha value is -2.26. The molecular formula is C15H11ClF3N3O2S. The first-order valence-corrected chi connectivity index (χ1v) is 8.08. The lowest BCUT2D eigenvalue weighted by Crippen LogP contribution is -2.10. The van der Waals surface area contributed by atoms with E-state index in [-0.39, 0.29) is 15.1 Å². The molecule has 2 heterocycles. The van der Waals surface area contributed by atoms with Crippen LogP contribution in [-0.2, 0) is 13.2 Å². The van der Waals surface area contributed by atoms with E-state index >= 15 is 0 Å². The van der Waals surface area contributed by atoms with Crippen LogP contribution in [0.2, 0.25) is 5.02 Å². The van der Waals surface area contributed by atoms with Gasteiger partial charge in [0, 0.05) is 18.1 Å². The smallest absolute Gasteiger partial charge is 0.435 e. The summed E-state index contributed by atoms with van der Waals surface area (Å²) in [7, 11) is 2.86. The molecule has 0 aliphatic carbocycles. The van der Waals surface area contributed by atoms with E-state index in [0.29, 0.717) is 16.5 Å². The number of fused-ring (bicyclic) bond motifs is 1. The third kappa shape index (κ3) is 3.29. The number of carbonyl (C=O) groups excluding carboxylic acids is 1. The van der Waals surface area contributed by atoms with E-state index in [0.717, 1.165) is 16.0 Å². The molecule has 0 atom stereocenters. The zero-order valence-corrected chi connectivity index (χ0v) is 14.5. The van der Waals surface area contributed by atoms with Crippen molar-refractivity contribution in [1.82, 2.24) is 9.78 Å². The monoisotopic (exact) mass is 389 g/mol. The SMILES string of the molecule is COc1ccc(NC(=O)c2cc3c(C(F)(F)F)nn(C)c3s2)cc1Cl. The Morgan fingerprint density at radius 2 is 2.08 bits per heavy atom. The van der Waals surface area contributed by atoms with Crippen molar-refractivity contribution in [1.29, 1.82) is 0 Å². The van der Waals surface area contributed by atoms with Gasteiger partial charge in [0.05, 0.1) is 17.0 Å². The number of benzene rings is 1. The maximum absolute atomic E-state index is 13.0. The highest BCUT2D eigenvalue weighted by molar-refractivity contribution is 7.20. The fraction of sp³-hybridized carbons (Fsp3) is 0.200. The van der Waals surface area contributed by atoms with Gasteiger partial charge in [-0.25, -0.2) is 0 Å². The Bertz CT molecular complexity index is 965. The van der Waals surface area contributed by atoms with E-state index in [1.54, 1.807) is 12.1 Å². The highest BCUT2D eigenvalue weighted by Gasteiger charge is 2.37. The minimum absolute atomic E-state index is 0.0992. The first kappa shape index (κ1) is 17.6. The first-order chi connectivity index (χ1) is 11.7. The van der Waals surface area contributed by atoms with Crippen molar-refractivity contribution >= 4 is 44.7 Å². The summed E-state index contributed by atoms with van der Waals surface area (Å²) in [6.07, 6.45) is -4.59. The Balaban J connectivity index is 1.91. The summed E-state index contributed by atoms with van der Waals surface area (Å²) in [6.45, 7) is 0. The average Bonchev–Trinajstić information content (AvgIpc) is 3.08. The Morgan fingerprint density at radius 3 is 2.68 bits per heavy atom. The molecule has 3 rings (SSSR count). The molecule has 1 amide bonds. The summed E-state index contributed by atoms with van der Waals surface area (Å²) in [5.41, 5.74) is -0.602. The largest absolute Gasteiger partial charge is 0.495 e. The van der Waals surface area contributed by atoms with Crippen LogP contribution in [0.25, 0.3) is 10.2 Å². The summed E-state index contributed by atoms with van der Waals surface area (Å²) in [6, 6.07) is 5.85. The predicted molar refractivity (Wildman–Crippen MR) is 89.6 cm³/mol. The number of aromatic nitrogens is 2. The van der Waals surface area contributed by atoms with E-state index in [1.165, 1.54) is 26.3 Å². The number of aryl methyl sites for hydroxylation is 1. The van der Waals surface area contributed by atoms with Gasteiger partial charge in [0.15, 0.2) is 5.69 Å². The number of nitrogens with zero attached hydrogens (tertiary/aromatic N) is 2. The highest BCUT2D eigenvalue weighted by Crippen LogP contribution is 2.37. The molecule has 3 aromatic rings. The number of thiophene rings is 1. The molecule has 10 heteroatoms. The minimum atomic E-state index is -4.59. The van der Waals surface area contributed by atoms with Crippen LogP contribution < -0.4 is 10.1 Å². The Labute approximate surface area is 149 Å². The second-order valence-corrected chi connectivity index (χ2v) is 6.54. The first-order valence-electron chi connectivity index (χ1n) is 6.89. The van der Waals surface area contributed by atoms with Crippen molar-refractivity contribution in [3.8, 4) is 5.75 Å². The second-order valence-electron chi connectivity index (χ2n) is 5.10. The summed E-state index contributed by atoms with van der Waals surface area (Å²) in [5, 5.41) is 6.28. The average molecular weight is 390 g/mol. The van der Waals surface area contributed by atoms with Crippen molar-refractivity contribution in [3.05, 3.63) is 39.9 Å². The number of alkyl halides is 3. The molecule has 0 aliphatic heterocycles. The standard InChI is InChI=1S/C15H11ClF3N3O2S/c1-22-14-8(12(21-22)15(17,18)19)6-11(25-14)13(23)20-7-3-4-10(24-2)9(16)5-7/h3-6H,1-2H3,(H,20,23). The Kier molecular flexibility index (Phi) is 4.38. The third-order valence-electron chi connectivity index (χ3n) is 3.41. The molecule has 25 heavy (non-hydrogen) atoms. The summed E-state index contributed by atoms with van der Waals surface area (Å²) in [5.74, 6) is -0.0852. The summed E-state index contributed by atoms with van der Waals surface area (Å²) < 4.78 is 45.2. The Morgan fingerprint density at radius 1 is 1.36 bits per heavy atom. The molecule has 0 saturated heterocycles. The maximum Gasteiger partial charge on any atom is 0.435 e. The van der Waals surface area contributed by atoms with E-state index in [1.807, 2.05) is 0 Å². The van der Waals surface area contributed by atoms with Gasteiger partial charge in [0.25, 0.3) is 5.91 Å². The maximum atomic E-state index is 13.0. The van der Waals surface area contributed by atoms with Gasteiger partial charge in [-0.2, -0.15) is 18.3 Å². The zero-order valence-electron chi connectivity index (χ0n) is 12.9. The fourth-order valence-electron chi connectivity index (χ4n) is 2.30. The lowest BCUT2D eigenvalue weighted by molar-refractivity contribution is -0.140. The molecule has 0 spiro atoms. The number of hydrogen-bond acceptors (Lipinski definition) is 4. The van der Waals surface area contributed by atoms with Crippen LogP contribution in [-0.4, -0.2) is 22.8 Å². The number of nitrogens with one attached hydrogen (secondary N) is 1. The van der Waals surface area contributed by atoms with E-state index in [2.05, 4.69) is 10.4 Å². The molecule has 0 radical (unpaired) electrons. The number of methoxy groups -OCH3 is 1. The van der Waals surface area contributed by atoms with Gasteiger partial charge >= 0.3 is 6.18 Å². The second kappa shape index (κ2) is 6.23. The van der Waals surface area contributed by atoms with Crippen molar-refractivity contribution in [3.63, 3.8) is 0 Å². The van der Waals surface area contributed by atoms with Gasteiger partial charge in [0.2, 0.25) is 0 Å². The normalized spacial score (nSPS) is 11.8. The number of hydrogen-bond donors (Lipinski definition) is 1. The molecule has 0 saturated carbocycles. The molecule has 0 aliphatic rings. The van der Waals surface area contributed by atoms with E-state index < -0.39 is 17.8 Å². The van der Waals surface area contributed by atoms with Crippen LogP contribution in [0.5, 0.6) is 5.75 Å². The molecule has 1 N–H and O–H groups in total. The molecular weight excluding hydrogens is 379 g/mol. The van der Waals surface area contributed by atoms with Gasteiger partial charge in [-0.1, -0.05) is 11.6 Å². The van der Waals surface area contributed by atoms with Crippen molar-refractivity contribution in [2.75, 3.05) is 12.4 Å².